The molecule has 3 rings (SSSR count). The van der Waals surface area contributed by atoms with Gasteiger partial charge in [-0.25, -0.2) is 5.01 Å². The number of anilines is 1. The fraction of sp³-hybridized carbons (Fsp3) is 0.158. The molecule has 0 spiro atoms. The molecule has 150 valence electrons. The molecule has 7 nitrogen and oxygen atoms in total. The summed E-state index contributed by atoms with van der Waals surface area (Å²) in [5.41, 5.74) is 3.68. The zero-order valence-electron chi connectivity index (χ0n) is 15.2. The molecular formula is C19H16BrIN4O3S. The van der Waals surface area contributed by atoms with Gasteiger partial charge in [0.25, 0.3) is 11.8 Å². The second-order valence-electron chi connectivity index (χ2n) is 6.27. The summed E-state index contributed by atoms with van der Waals surface area (Å²) in [4.78, 5) is 38.9. The summed E-state index contributed by atoms with van der Waals surface area (Å²) in [6.45, 7) is 0. The second-order valence-corrected chi connectivity index (χ2v) is 8.80. The number of hydrazine groups is 1. The van der Waals surface area contributed by atoms with Crippen LogP contribution >= 0.6 is 50.7 Å². The van der Waals surface area contributed by atoms with Gasteiger partial charge >= 0.3 is 0 Å². The van der Waals surface area contributed by atoms with Gasteiger partial charge in [0.15, 0.2) is 5.11 Å². The van der Waals surface area contributed by atoms with Crippen molar-refractivity contribution in [2.24, 2.45) is 0 Å². The van der Waals surface area contributed by atoms with Crippen LogP contribution in [0.2, 0.25) is 0 Å². The highest BCUT2D eigenvalue weighted by molar-refractivity contribution is 14.1. The lowest BCUT2D eigenvalue weighted by molar-refractivity contribution is -0.130. The van der Waals surface area contributed by atoms with E-state index in [1.807, 2.05) is 12.1 Å². The molecule has 2 aromatic rings. The zero-order chi connectivity index (χ0) is 21.1. The number of amides is 3. The molecular weight excluding hydrogens is 571 g/mol. The van der Waals surface area contributed by atoms with Crippen LogP contribution in [-0.2, 0) is 9.59 Å². The summed E-state index contributed by atoms with van der Waals surface area (Å²) in [6, 6.07) is 13.1. The van der Waals surface area contributed by atoms with Crippen molar-refractivity contribution >= 4 is 79.3 Å². The van der Waals surface area contributed by atoms with Crippen molar-refractivity contribution in [1.29, 1.82) is 0 Å². The molecule has 1 atom stereocenters. The van der Waals surface area contributed by atoms with Gasteiger partial charge < -0.3 is 5.32 Å². The van der Waals surface area contributed by atoms with Crippen LogP contribution in [0, 0.1) is 3.57 Å². The van der Waals surface area contributed by atoms with E-state index in [4.69, 9.17) is 12.2 Å². The lowest BCUT2D eigenvalue weighted by Gasteiger charge is -2.24. The first-order chi connectivity index (χ1) is 13.8. The molecule has 1 unspecified atom stereocenters. The summed E-state index contributed by atoms with van der Waals surface area (Å²) in [5, 5.41) is 4.16. The van der Waals surface area contributed by atoms with Crippen LogP contribution in [0.25, 0.3) is 0 Å². The number of nitrogens with one attached hydrogen (secondary N) is 2. The summed E-state index contributed by atoms with van der Waals surface area (Å²) in [6.07, 6.45) is -0.157. The van der Waals surface area contributed by atoms with Gasteiger partial charge in [-0.2, -0.15) is 0 Å². The monoisotopic (exact) mass is 586 g/mol. The molecule has 1 aliphatic rings. The summed E-state index contributed by atoms with van der Waals surface area (Å²) in [7, 11) is 1.51. The van der Waals surface area contributed by atoms with E-state index in [1.165, 1.54) is 17.0 Å². The molecule has 2 aromatic carbocycles. The van der Waals surface area contributed by atoms with E-state index in [0.29, 0.717) is 11.3 Å². The number of nitrogens with zero attached hydrogens (tertiary/aromatic N) is 2. The highest BCUT2D eigenvalue weighted by Crippen LogP contribution is 2.19. The molecule has 1 aliphatic heterocycles. The Bertz CT molecular complexity index is 968. The van der Waals surface area contributed by atoms with Gasteiger partial charge in [-0.1, -0.05) is 15.9 Å². The number of likely N-dealkylation sites (N-methyl/N-ethyl adjacent to an activating group) is 1. The molecule has 1 saturated heterocycles. The van der Waals surface area contributed by atoms with Gasteiger partial charge in [-0.3, -0.25) is 24.7 Å². The number of carbonyl (C=O) groups excluding carboxylic acids is 3. The summed E-state index contributed by atoms with van der Waals surface area (Å²) in [5.74, 6) is -1.14. The topological polar surface area (TPSA) is 81.8 Å². The van der Waals surface area contributed by atoms with Crippen LogP contribution in [0.1, 0.15) is 16.8 Å². The van der Waals surface area contributed by atoms with Crippen molar-refractivity contribution in [3.63, 3.8) is 0 Å². The molecule has 0 aliphatic carbocycles. The van der Waals surface area contributed by atoms with Crippen LogP contribution in [0.4, 0.5) is 5.69 Å². The highest BCUT2D eigenvalue weighted by atomic mass is 127. The van der Waals surface area contributed by atoms with Gasteiger partial charge in [0, 0.05) is 26.3 Å². The Kier molecular flexibility index (Phi) is 6.85. The van der Waals surface area contributed by atoms with E-state index in [0.717, 1.165) is 8.04 Å². The smallest absolute Gasteiger partial charge is 0.269 e. The van der Waals surface area contributed by atoms with E-state index in [2.05, 4.69) is 49.3 Å². The third kappa shape index (κ3) is 5.11. The molecule has 2 N–H and O–H groups in total. The SMILES string of the molecule is CN1C(=O)C(CC(=O)Nc2ccc(I)cc2)N(NC(=O)c2ccc(Br)cc2)C1=S. The van der Waals surface area contributed by atoms with Crippen molar-refractivity contribution in [1.82, 2.24) is 15.3 Å². The van der Waals surface area contributed by atoms with E-state index in [-0.39, 0.29) is 23.3 Å². The normalized spacial score (nSPS) is 16.2. The first-order valence-corrected chi connectivity index (χ1v) is 10.8. The maximum atomic E-state index is 12.6. The van der Waals surface area contributed by atoms with E-state index in [9.17, 15) is 14.4 Å². The van der Waals surface area contributed by atoms with Crippen molar-refractivity contribution in [2.75, 3.05) is 12.4 Å². The number of hydrogen-bond donors (Lipinski definition) is 2. The second kappa shape index (κ2) is 9.18. The van der Waals surface area contributed by atoms with Gasteiger partial charge in [0.1, 0.15) is 6.04 Å². The fourth-order valence-electron chi connectivity index (χ4n) is 2.72. The average Bonchev–Trinajstić information content (AvgIpc) is 2.88. The minimum absolute atomic E-state index is 0.132. The van der Waals surface area contributed by atoms with Crippen molar-refractivity contribution in [2.45, 2.75) is 12.5 Å². The van der Waals surface area contributed by atoms with Crippen molar-refractivity contribution < 1.29 is 14.4 Å². The largest absolute Gasteiger partial charge is 0.326 e. The highest BCUT2D eigenvalue weighted by Gasteiger charge is 2.42. The lowest BCUT2D eigenvalue weighted by atomic mass is 10.2. The molecule has 10 heteroatoms. The standard InChI is InChI=1S/C19H16BrIN4O3S/c1-24-18(28)15(10-16(26)22-14-8-6-13(21)7-9-14)25(19(24)29)23-17(27)11-2-4-12(20)5-3-11/h2-9,15H,10H2,1H3,(H,22,26)(H,23,27). The number of carbonyl (C=O) groups is 3. The maximum Gasteiger partial charge on any atom is 0.269 e. The Morgan fingerprint density at radius 3 is 2.38 bits per heavy atom. The third-order valence-corrected chi connectivity index (χ3v) is 5.97. The van der Waals surface area contributed by atoms with E-state index in [1.54, 1.807) is 36.4 Å². The molecule has 0 saturated carbocycles. The van der Waals surface area contributed by atoms with Gasteiger partial charge in [-0.15, -0.1) is 0 Å². The number of benzene rings is 2. The Labute approximate surface area is 195 Å². The number of halogens is 2. The predicted molar refractivity (Wildman–Crippen MR) is 125 cm³/mol. The average molecular weight is 587 g/mol. The van der Waals surface area contributed by atoms with Crippen LogP contribution < -0.4 is 10.7 Å². The zero-order valence-corrected chi connectivity index (χ0v) is 19.7. The molecule has 1 heterocycles. The number of rotatable bonds is 5. The Balaban J connectivity index is 1.72. The third-order valence-electron chi connectivity index (χ3n) is 4.26. The Morgan fingerprint density at radius 2 is 1.76 bits per heavy atom. The van der Waals surface area contributed by atoms with Crippen molar-refractivity contribution in [3.8, 4) is 0 Å². The first kappa shape index (κ1) is 21.7. The Morgan fingerprint density at radius 1 is 1.14 bits per heavy atom. The number of thiocarbonyl (C=S) groups is 1. The molecule has 0 bridgehead atoms. The van der Waals surface area contributed by atoms with Crippen LogP contribution in [0.5, 0.6) is 0 Å². The minimum Gasteiger partial charge on any atom is -0.326 e. The predicted octanol–water partition coefficient (Wildman–Crippen LogP) is 3.15. The summed E-state index contributed by atoms with van der Waals surface area (Å²) < 4.78 is 1.88. The van der Waals surface area contributed by atoms with Crippen LogP contribution in [0.3, 0.4) is 0 Å². The Hall–Kier alpha value is -2.05. The van der Waals surface area contributed by atoms with E-state index < -0.39 is 11.9 Å². The number of hydrogen-bond acceptors (Lipinski definition) is 4. The molecule has 0 radical (unpaired) electrons. The van der Waals surface area contributed by atoms with Gasteiger partial charge in [-0.05, 0) is 83.3 Å². The van der Waals surface area contributed by atoms with Crippen molar-refractivity contribution in [3.05, 3.63) is 62.1 Å². The molecule has 0 aromatic heterocycles. The first-order valence-electron chi connectivity index (χ1n) is 8.49. The van der Waals surface area contributed by atoms with Crippen LogP contribution in [-0.4, -0.2) is 45.8 Å². The summed E-state index contributed by atoms with van der Waals surface area (Å²) >= 11 is 10.8. The molecule has 29 heavy (non-hydrogen) atoms. The van der Waals surface area contributed by atoms with E-state index >= 15 is 0 Å². The quantitative estimate of drug-likeness (QED) is 0.416. The molecule has 3 amide bonds. The fourth-order valence-corrected chi connectivity index (χ4v) is 3.61. The lowest BCUT2D eigenvalue weighted by Crippen LogP contribution is -2.49. The van der Waals surface area contributed by atoms with Crippen LogP contribution in [0.15, 0.2) is 53.0 Å². The van der Waals surface area contributed by atoms with Gasteiger partial charge in [0.2, 0.25) is 5.91 Å². The maximum absolute atomic E-state index is 12.6. The van der Waals surface area contributed by atoms with Gasteiger partial charge in [0.05, 0.1) is 6.42 Å². The minimum atomic E-state index is -0.921. The molecule has 1 fully saturated rings.